The zero-order valence-electron chi connectivity index (χ0n) is 15.1. The average Bonchev–Trinajstić information content (AvgIpc) is 3.24. The summed E-state index contributed by atoms with van der Waals surface area (Å²) >= 11 is 0. The van der Waals surface area contributed by atoms with E-state index < -0.39 is 0 Å². The number of ether oxygens (including phenoxy) is 3. The summed E-state index contributed by atoms with van der Waals surface area (Å²) in [7, 11) is 0. The molecule has 2 atom stereocenters. The Kier molecular flexibility index (Phi) is 6.38. The fourth-order valence-electron chi connectivity index (χ4n) is 3.63. The number of benzene rings is 1. The van der Waals surface area contributed by atoms with E-state index in [0.717, 1.165) is 37.1 Å². The Morgan fingerprint density at radius 1 is 1.12 bits per heavy atom. The van der Waals surface area contributed by atoms with Gasteiger partial charge in [0.25, 0.3) is 0 Å². The van der Waals surface area contributed by atoms with Gasteiger partial charge in [-0.3, -0.25) is 0 Å². The SMILES string of the molecule is CC(C)CC[C@@H](CC[NH2+]C[C@@H]1CCCO1)c1ccc2c(c1)OCO2. The molecule has 24 heavy (non-hydrogen) atoms. The molecule has 134 valence electrons. The molecule has 0 amide bonds. The van der Waals surface area contributed by atoms with Crippen LogP contribution in [0.25, 0.3) is 0 Å². The number of fused-ring (bicyclic) bond motifs is 1. The minimum Gasteiger partial charge on any atom is -0.454 e. The molecule has 1 aromatic carbocycles. The van der Waals surface area contributed by atoms with Crippen molar-refractivity contribution in [1.29, 1.82) is 0 Å². The topological polar surface area (TPSA) is 44.3 Å². The van der Waals surface area contributed by atoms with Crippen LogP contribution in [0.2, 0.25) is 0 Å². The summed E-state index contributed by atoms with van der Waals surface area (Å²) < 4.78 is 16.7. The molecule has 2 heterocycles. The lowest BCUT2D eigenvalue weighted by Gasteiger charge is -2.19. The van der Waals surface area contributed by atoms with Gasteiger partial charge in [-0.25, -0.2) is 0 Å². The number of quaternary nitrogens is 1. The molecule has 0 unspecified atom stereocenters. The minimum absolute atomic E-state index is 0.352. The molecule has 0 saturated carbocycles. The molecule has 4 nitrogen and oxygen atoms in total. The Balaban J connectivity index is 1.53. The molecule has 1 aromatic rings. The normalized spacial score (nSPS) is 20.7. The zero-order valence-corrected chi connectivity index (χ0v) is 15.1. The fraction of sp³-hybridized carbons (Fsp3) is 0.700. The van der Waals surface area contributed by atoms with E-state index in [1.807, 2.05) is 0 Å². The molecular formula is C20H32NO3+. The predicted molar refractivity (Wildman–Crippen MR) is 94.6 cm³/mol. The Hall–Kier alpha value is -1.26. The van der Waals surface area contributed by atoms with Gasteiger partial charge < -0.3 is 19.5 Å². The van der Waals surface area contributed by atoms with Crippen molar-refractivity contribution in [3.05, 3.63) is 23.8 Å². The quantitative estimate of drug-likeness (QED) is 0.706. The second kappa shape index (κ2) is 8.72. The molecular weight excluding hydrogens is 302 g/mol. The van der Waals surface area contributed by atoms with Crippen LogP contribution in [-0.4, -0.2) is 32.6 Å². The van der Waals surface area contributed by atoms with Crippen LogP contribution in [-0.2, 0) is 4.74 Å². The average molecular weight is 334 g/mol. The van der Waals surface area contributed by atoms with E-state index in [9.17, 15) is 0 Å². The van der Waals surface area contributed by atoms with Gasteiger partial charge in [0.05, 0.1) is 6.54 Å². The van der Waals surface area contributed by atoms with Crippen LogP contribution in [0.5, 0.6) is 11.5 Å². The minimum atomic E-state index is 0.352. The van der Waals surface area contributed by atoms with Crippen LogP contribution in [0, 0.1) is 5.92 Å². The number of hydrogen-bond acceptors (Lipinski definition) is 3. The lowest BCUT2D eigenvalue weighted by atomic mass is 9.88. The molecule has 1 saturated heterocycles. The molecule has 0 aromatic heterocycles. The maximum absolute atomic E-state index is 5.71. The van der Waals surface area contributed by atoms with Gasteiger partial charge in [0.15, 0.2) is 11.5 Å². The Morgan fingerprint density at radius 2 is 2.00 bits per heavy atom. The van der Waals surface area contributed by atoms with Gasteiger partial charge in [-0.15, -0.1) is 0 Å². The van der Waals surface area contributed by atoms with E-state index in [-0.39, 0.29) is 0 Å². The van der Waals surface area contributed by atoms with Crippen LogP contribution in [0.3, 0.4) is 0 Å². The monoisotopic (exact) mass is 334 g/mol. The summed E-state index contributed by atoms with van der Waals surface area (Å²) in [5, 5.41) is 2.44. The highest BCUT2D eigenvalue weighted by atomic mass is 16.7. The summed E-state index contributed by atoms with van der Waals surface area (Å²) in [6.07, 6.45) is 6.65. The van der Waals surface area contributed by atoms with Crippen LogP contribution >= 0.6 is 0 Å². The highest BCUT2D eigenvalue weighted by Gasteiger charge is 2.20. The van der Waals surface area contributed by atoms with Gasteiger partial charge >= 0.3 is 0 Å². The molecule has 2 aliphatic rings. The van der Waals surface area contributed by atoms with Crippen molar-refractivity contribution in [2.45, 2.75) is 58.0 Å². The van der Waals surface area contributed by atoms with Crippen LogP contribution < -0.4 is 14.8 Å². The second-order valence-electron chi connectivity index (χ2n) is 7.52. The van der Waals surface area contributed by atoms with E-state index in [0.29, 0.717) is 18.8 Å². The number of rotatable bonds is 9. The maximum Gasteiger partial charge on any atom is 0.231 e. The largest absolute Gasteiger partial charge is 0.454 e. The van der Waals surface area contributed by atoms with Crippen molar-refractivity contribution in [3.8, 4) is 11.5 Å². The molecule has 0 radical (unpaired) electrons. The van der Waals surface area contributed by atoms with E-state index in [1.54, 1.807) is 0 Å². The highest BCUT2D eigenvalue weighted by Crippen LogP contribution is 2.36. The number of hydrogen-bond donors (Lipinski definition) is 1. The Morgan fingerprint density at radius 3 is 2.79 bits per heavy atom. The van der Waals surface area contributed by atoms with Gasteiger partial charge in [-0.1, -0.05) is 26.3 Å². The molecule has 1 fully saturated rings. The third kappa shape index (κ3) is 4.87. The fourth-order valence-corrected chi connectivity index (χ4v) is 3.63. The first-order valence-corrected chi connectivity index (χ1v) is 9.55. The Bertz CT molecular complexity index is 512. The summed E-state index contributed by atoms with van der Waals surface area (Å²) in [6, 6.07) is 6.47. The van der Waals surface area contributed by atoms with Crippen molar-refractivity contribution in [2.24, 2.45) is 5.92 Å². The number of nitrogens with two attached hydrogens (primary N) is 1. The molecule has 0 spiro atoms. The summed E-state index contributed by atoms with van der Waals surface area (Å²) in [5.74, 6) is 3.14. The van der Waals surface area contributed by atoms with Gasteiger partial charge in [-0.05, 0) is 48.8 Å². The highest BCUT2D eigenvalue weighted by molar-refractivity contribution is 5.45. The smallest absolute Gasteiger partial charge is 0.231 e. The third-order valence-electron chi connectivity index (χ3n) is 5.13. The van der Waals surface area contributed by atoms with Gasteiger partial charge in [-0.2, -0.15) is 0 Å². The lowest BCUT2D eigenvalue weighted by molar-refractivity contribution is -0.661. The molecule has 2 aliphatic heterocycles. The zero-order chi connectivity index (χ0) is 16.8. The van der Waals surface area contributed by atoms with Crippen LogP contribution in [0.1, 0.15) is 57.4 Å². The predicted octanol–water partition coefficient (Wildman–Crippen LogP) is 3.07. The summed E-state index contributed by atoms with van der Waals surface area (Å²) in [5.41, 5.74) is 1.39. The summed E-state index contributed by atoms with van der Waals surface area (Å²) in [4.78, 5) is 0. The molecule has 4 heteroatoms. The van der Waals surface area contributed by atoms with Gasteiger partial charge in [0.2, 0.25) is 6.79 Å². The van der Waals surface area contributed by atoms with Crippen LogP contribution in [0.15, 0.2) is 18.2 Å². The van der Waals surface area contributed by atoms with Crippen molar-refractivity contribution >= 4 is 0 Å². The summed E-state index contributed by atoms with van der Waals surface area (Å²) in [6.45, 7) is 8.19. The standard InChI is InChI=1S/C20H31NO3/c1-15(2)5-6-16(9-10-21-13-18-4-3-11-22-18)17-7-8-19-20(12-17)24-14-23-19/h7-8,12,15-16,18,21H,3-6,9-11,13-14H2,1-2H3/p+1/t16-,18-/m0/s1. The molecule has 0 bridgehead atoms. The van der Waals surface area contributed by atoms with E-state index >= 15 is 0 Å². The van der Waals surface area contributed by atoms with E-state index in [2.05, 4.69) is 37.4 Å². The lowest BCUT2D eigenvalue weighted by Crippen LogP contribution is -2.86. The maximum atomic E-state index is 5.71. The first-order valence-electron chi connectivity index (χ1n) is 9.55. The third-order valence-corrected chi connectivity index (χ3v) is 5.13. The van der Waals surface area contributed by atoms with E-state index in [1.165, 1.54) is 37.7 Å². The van der Waals surface area contributed by atoms with Crippen LogP contribution in [0.4, 0.5) is 0 Å². The first kappa shape index (κ1) is 17.6. The Labute approximate surface area is 145 Å². The van der Waals surface area contributed by atoms with Crippen molar-refractivity contribution < 1.29 is 19.5 Å². The second-order valence-corrected chi connectivity index (χ2v) is 7.52. The van der Waals surface area contributed by atoms with Crippen molar-refractivity contribution in [2.75, 3.05) is 26.5 Å². The first-order chi connectivity index (χ1) is 11.7. The molecule has 3 rings (SSSR count). The molecule has 0 aliphatic carbocycles. The van der Waals surface area contributed by atoms with Crippen molar-refractivity contribution in [1.82, 2.24) is 0 Å². The van der Waals surface area contributed by atoms with Gasteiger partial charge in [0.1, 0.15) is 12.6 Å². The molecule has 2 N–H and O–H groups in total. The van der Waals surface area contributed by atoms with Gasteiger partial charge in [0, 0.05) is 13.0 Å². The van der Waals surface area contributed by atoms with Crippen molar-refractivity contribution in [3.63, 3.8) is 0 Å². The van der Waals surface area contributed by atoms with E-state index in [4.69, 9.17) is 14.2 Å².